The molecule has 0 aliphatic rings. The van der Waals surface area contributed by atoms with Crippen LogP contribution in [0.3, 0.4) is 0 Å². The Kier molecular flexibility index (Phi) is 5.32. The molecule has 0 fully saturated rings. The van der Waals surface area contributed by atoms with Gasteiger partial charge in [-0.15, -0.1) is 0 Å². The Bertz CT molecular complexity index is 906. The van der Waals surface area contributed by atoms with Crippen LogP contribution < -0.4 is 10.6 Å². The molecule has 1 atom stereocenters. The van der Waals surface area contributed by atoms with Gasteiger partial charge in [-0.05, 0) is 55.7 Å². The zero-order valence-electron chi connectivity index (χ0n) is 15.3. The first kappa shape index (κ1) is 17.7. The average molecular weight is 345 g/mol. The number of nitrogens with one attached hydrogen (secondary N) is 2. The van der Waals surface area contributed by atoms with Crippen molar-refractivity contribution in [2.45, 2.75) is 26.8 Å². The summed E-state index contributed by atoms with van der Waals surface area (Å²) in [7, 11) is 0. The molecule has 3 rings (SSSR count). The molecule has 2 aromatic carbocycles. The summed E-state index contributed by atoms with van der Waals surface area (Å²) in [5.41, 5.74) is 5.65. The first-order valence-corrected chi connectivity index (χ1v) is 8.68. The number of hydrogen-bond donors (Lipinski definition) is 2. The van der Waals surface area contributed by atoms with Gasteiger partial charge in [0.1, 0.15) is 0 Å². The van der Waals surface area contributed by atoms with Gasteiger partial charge >= 0.3 is 0 Å². The minimum atomic E-state index is -0.170. The molecule has 0 bridgehead atoms. The van der Waals surface area contributed by atoms with E-state index in [1.54, 1.807) is 12.4 Å². The van der Waals surface area contributed by atoms with E-state index in [4.69, 9.17) is 0 Å². The van der Waals surface area contributed by atoms with E-state index in [-0.39, 0.29) is 11.9 Å². The van der Waals surface area contributed by atoms with E-state index in [0.717, 1.165) is 16.9 Å². The number of benzene rings is 2. The topological polar surface area (TPSA) is 54.0 Å². The summed E-state index contributed by atoms with van der Waals surface area (Å²) in [4.78, 5) is 16.7. The van der Waals surface area contributed by atoms with Crippen LogP contribution in [0.5, 0.6) is 0 Å². The molecule has 0 radical (unpaired) electrons. The van der Waals surface area contributed by atoms with Crippen LogP contribution in [0.4, 0.5) is 11.4 Å². The van der Waals surface area contributed by atoms with E-state index < -0.39 is 0 Å². The Morgan fingerprint density at radius 2 is 1.69 bits per heavy atom. The van der Waals surface area contributed by atoms with Gasteiger partial charge in [-0.25, -0.2) is 0 Å². The third-order valence-corrected chi connectivity index (χ3v) is 4.45. The van der Waals surface area contributed by atoms with Gasteiger partial charge in [0.15, 0.2) is 0 Å². The van der Waals surface area contributed by atoms with Crippen molar-refractivity contribution in [2.24, 2.45) is 0 Å². The second kappa shape index (κ2) is 7.83. The molecule has 4 nitrogen and oxygen atoms in total. The lowest BCUT2D eigenvalue weighted by Crippen LogP contribution is -2.13. The highest BCUT2D eigenvalue weighted by Crippen LogP contribution is 2.20. The zero-order valence-corrected chi connectivity index (χ0v) is 15.3. The molecule has 0 aliphatic carbocycles. The molecule has 4 heteroatoms. The van der Waals surface area contributed by atoms with E-state index in [2.05, 4.69) is 34.7 Å². The molecule has 26 heavy (non-hydrogen) atoms. The predicted octanol–water partition coefficient (Wildman–Crippen LogP) is 5.12. The lowest BCUT2D eigenvalue weighted by atomic mass is 10.1. The second-order valence-electron chi connectivity index (χ2n) is 6.49. The van der Waals surface area contributed by atoms with Crippen LogP contribution in [0, 0.1) is 13.8 Å². The van der Waals surface area contributed by atoms with Crippen LogP contribution in [0.25, 0.3) is 0 Å². The Morgan fingerprint density at radius 1 is 0.923 bits per heavy atom. The highest BCUT2D eigenvalue weighted by atomic mass is 16.1. The summed E-state index contributed by atoms with van der Waals surface area (Å²) in [6, 6.07) is 18.0. The molecular weight excluding hydrogens is 322 g/mol. The Hall–Kier alpha value is -3.14. The molecule has 1 aromatic heterocycles. The third kappa shape index (κ3) is 4.28. The Morgan fingerprint density at radius 3 is 2.42 bits per heavy atom. The van der Waals surface area contributed by atoms with Gasteiger partial charge in [0.05, 0.1) is 11.3 Å². The molecule has 0 aliphatic heterocycles. The first-order chi connectivity index (χ1) is 12.5. The molecule has 1 unspecified atom stereocenters. The maximum Gasteiger partial charge on any atom is 0.257 e. The van der Waals surface area contributed by atoms with Crippen molar-refractivity contribution < 1.29 is 4.79 Å². The fourth-order valence-electron chi connectivity index (χ4n) is 2.74. The van der Waals surface area contributed by atoms with Crippen LogP contribution in [-0.4, -0.2) is 10.9 Å². The quantitative estimate of drug-likeness (QED) is 0.674. The van der Waals surface area contributed by atoms with Gasteiger partial charge in [-0.2, -0.15) is 0 Å². The van der Waals surface area contributed by atoms with Crippen molar-refractivity contribution >= 4 is 17.3 Å². The van der Waals surface area contributed by atoms with Crippen molar-refractivity contribution in [1.29, 1.82) is 0 Å². The molecular formula is C22H23N3O. The summed E-state index contributed by atoms with van der Waals surface area (Å²) >= 11 is 0. The number of rotatable bonds is 5. The van der Waals surface area contributed by atoms with Gasteiger partial charge in [0, 0.05) is 24.1 Å². The van der Waals surface area contributed by atoms with Crippen LogP contribution in [0.1, 0.15) is 40.0 Å². The molecule has 1 heterocycles. The summed E-state index contributed by atoms with van der Waals surface area (Å²) < 4.78 is 0. The molecule has 0 spiro atoms. The minimum Gasteiger partial charge on any atom is -0.377 e. The lowest BCUT2D eigenvalue weighted by Gasteiger charge is -2.16. The summed E-state index contributed by atoms with van der Waals surface area (Å²) in [6.07, 6.45) is 3.31. The number of carbonyl (C=O) groups is 1. The first-order valence-electron chi connectivity index (χ1n) is 8.68. The minimum absolute atomic E-state index is 0.121. The highest BCUT2D eigenvalue weighted by Gasteiger charge is 2.10. The maximum atomic E-state index is 12.5. The van der Waals surface area contributed by atoms with Crippen LogP contribution >= 0.6 is 0 Å². The third-order valence-electron chi connectivity index (χ3n) is 4.45. The van der Waals surface area contributed by atoms with Crippen molar-refractivity contribution in [3.63, 3.8) is 0 Å². The van der Waals surface area contributed by atoms with E-state index in [0.29, 0.717) is 5.56 Å². The second-order valence-corrected chi connectivity index (χ2v) is 6.49. The Balaban J connectivity index is 1.72. The van der Waals surface area contributed by atoms with E-state index in [1.807, 2.05) is 56.3 Å². The number of carbonyl (C=O) groups excluding carboxylic acids is 1. The van der Waals surface area contributed by atoms with E-state index >= 15 is 0 Å². The van der Waals surface area contributed by atoms with Crippen LogP contribution in [-0.2, 0) is 0 Å². The fourth-order valence-corrected chi connectivity index (χ4v) is 2.74. The molecule has 132 valence electrons. The van der Waals surface area contributed by atoms with E-state index in [9.17, 15) is 4.79 Å². The highest BCUT2D eigenvalue weighted by molar-refractivity contribution is 6.04. The normalized spacial score (nSPS) is 11.7. The molecule has 0 saturated heterocycles. The number of pyridine rings is 1. The van der Waals surface area contributed by atoms with Crippen molar-refractivity contribution in [1.82, 2.24) is 4.98 Å². The van der Waals surface area contributed by atoms with Crippen LogP contribution in [0.2, 0.25) is 0 Å². The zero-order chi connectivity index (χ0) is 18.5. The molecule has 3 aromatic rings. The summed E-state index contributed by atoms with van der Waals surface area (Å²) in [5.74, 6) is -0.170. The largest absolute Gasteiger partial charge is 0.377 e. The standard InChI is InChI=1S/C22H23N3O/c1-15-9-10-20(11-16(15)2)25-22(26)19-12-21(14-23-13-19)24-17(3)18-7-5-4-6-8-18/h4-14,17,24H,1-3H3,(H,25,26). The van der Waals surface area contributed by atoms with Crippen LogP contribution in [0.15, 0.2) is 67.0 Å². The number of amides is 1. The number of aromatic nitrogens is 1. The number of nitrogens with zero attached hydrogens (tertiary/aromatic N) is 1. The smallest absolute Gasteiger partial charge is 0.257 e. The van der Waals surface area contributed by atoms with Gasteiger partial charge in [-0.3, -0.25) is 9.78 Å². The monoisotopic (exact) mass is 345 g/mol. The SMILES string of the molecule is Cc1ccc(NC(=O)c2cncc(NC(C)c3ccccc3)c2)cc1C. The number of aryl methyl sites for hydroxylation is 2. The molecule has 0 saturated carbocycles. The summed E-state index contributed by atoms with van der Waals surface area (Å²) in [6.45, 7) is 6.16. The fraction of sp³-hybridized carbons (Fsp3) is 0.182. The molecule has 1 amide bonds. The lowest BCUT2D eigenvalue weighted by molar-refractivity contribution is 0.102. The van der Waals surface area contributed by atoms with Crippen molar-refractivity contribution in [2.75, 3.05) is 10.6 Å². The van der Waals surface area contributed by atoms with Gasteiger partial charge in [-0.1, -0.05) is 36.4 Å². The number of hydrogen-bond acceptors (Lipinski definition) is 3. The van der Waals surface area contributed by atoms with Crippen molar-refractivity contribution in [3.05, 3.63) is 89.2 Å². The van der Waals surface area contributed by atoms with Gasteiger partial charge < -0.3 is 10.6 Å². The van der Waals surface area contributed by atoms with Gasteiger partial charge in [0.25, 0.3) is 5.91 Å². The van der Waals surface area contributed by atoms with Crippen molar-refractivity contribution in [3.8, 4) is 0 Å². The average Bonchev–Trinajstić information content (AvgIpc) is 2.65. The molecule has 2 N–H and O–H groups in total. The van der Waals surface area contributed by atoms with Gasteiger partial charge in [0.2, 0.25) is 0 Å². The predicted molar refractivity (Wildman–Crippen MR) is 107 cm³/mol. The maximum absolute atomic E-state index is 12.5. The van der Waals surface area contributed by atoms with E-state index in [1.165, 1.54) is 11.1 Å². The number of anilines is 2. The Labute approximate surface area is 154 Å². The summed E-state index contributed by atoms with van der Waals surface area (Å²) in [5, 5.41) is 6.32.